The fraction of sp³-hybridized carbons (Fsp3) is 0.435. The van der Waals surface area contributed by atoms with Crippen molar-refractivity contribution < 1.29 is 17.9 Å². The van der Waals surface area contributed by atoms with Gasteiger partial charge in [0.05, 0.1) is 18.0 Å². The second kappa shape index (κ2) is 9.49. The number of carbonyl (C=O) groups excluding carboxylic acids is 1. The lowest BCUT2D eigenvalue weighted by Crippen LogP contribution is -2.51. The van der Waals surface area contributed by atoms with Crippen LogP contribution in [0.3, 0.4) is 0 Å². The zero-order valence-electron chi connectivity index (χ0n) is 18.6. The lowest BCUT2D eigenvalue weighted by Gasteiger charge is -2.42. The van der Waals surface area contributed by atoms with E-state index in [1.54, 1.807) is 6.92 Å². The molecule has 174 valence electrons. The highest BCUT2D eigenvalue weighted by atomic mass is 35.5. The maximum Gasteiger partial charge on any atom is 0.244 e. The Morgan fingerprint density at radius 1 is 1.19 bits per heavy atom. The monoisotopic (exact) mass is 498 g/mol. The predicted octanol–water partition coefficient (Wildman–Crippen LogP) is 5.35. The van der Waals surface area contributed by atoms with Crippen LogP contribution in [0.15, 0.2) is 42.5 Å². The van der Waals surface area contributed by atoms with E-state index in [0.717, 1.165) is 34.7 Å². The first-order chi connectivity index (χ1) is 15.0. The van der Waals surface area contributed by atoms with Gasteiger partial charge in [-0.1, -0.05) is 55.2 Å². The van der Waals surface area contributed by atoms with E-state index in [0.29, 0.717) is 6.42 Å². The molecule has 0 aromatic heterocycles. The van der Waals surface area contributed by atoms with Crippen LogP contribution >= 0.6 is 23.2 Å². The highest BCUT2D eigenvalue weighted by Gasteiger charge is 2.40. The summed E-state index contributed by atoms with van der Waals surface area (Å²) in [5, 5.41) is 3.62. The van der Waals surface area contributed by atoms with Crippen LogP contribution in [-0.2, 0) is 14.8 Å². The number of nitrogens with zero attached hydrogens (tertiary/aromatic N) is 1. The van der Waals surface area contributed by atoms with Gasteiger partial charge >= 0.3 is 0 Å². The Morgan fingerprint density at radius 2 is 1.78 bits per heavy atom. The number of carbonyl (C=O) groups is 1. The largest absolute Gasteiger partial charge is 0.487 e. The van der Waals surface area contributed by atoms with Gasteiger partial charge in [0.2, 0.25) is 15.9 Å². The molecule has 0 spiro atoms. The van der Waals surface area contributed by atoms with E-state index in [4.69, 9.17) is 27.9 Å². The van der Waals surface area contributed by atoms with Crippen LogP contribution in [0.4, 0.5) is 5.69 Å². The van der Waals surface area contributed by atoms with E-state index in [-0.39, 0.29) is 21.8 Å². The summed E-state index contributed by atoms with van der Waals surface area (Å²) in [5.74, 6) is 0.316. The van der Waals surface area contributed by atoms with Gasteiger partial charge in [0, 0.05) is 22.0 Å². The van der Waals surface area contributed by atoms with Crippen molar-refractivity contribution in [3.05, 3.63) is 58.1 Å². The first-order valence-electron chi connectivity index (χ1n) is 10.5. The third-order valence-electron chi connectivity index (χ3n) is 5.99. The van der Waals surface area contributed by atoms with Gasteiger partial charge in [-0.25, -0.2) is 8.42 Å². The van der Waals surface area contributed by atoms with Crippen LogP contribution in [0.2, 0.25) is 10.0 Å². The molecule has 1 heterocycles. The number of fused-ring (bicyclic) bond motifs is 1. The van der Waals surface area contributed by atoms with Gasteiger partial charge < -0.3 is 10.1 Å². The molecule has 0 saturated carbocycles. The Labute approximate surface area is 199 Å². The van der Waals surface area contributed by atoms with Crippen molar-refractivity contribution in [2.75, 3.05) is 10.6 Å². The minimum atomic E-state index is -3.80. The van der Waals surface area contributed by atoms with Gasteiger partial charge in [0.25, 0.3) is 0 Å². The number of amides is 1. The molecule has 32 heavy (non-hydrogen) atoms. The third kappa shape index (κ3) is 5.16. The molecule has 0 radical (unpaired) electrons. The zero-order chi connectivity index (χ0) is 23.7. The third-order valence-corrected chi connectivity index (χ3v) is 7.67. The van der Waals surface area contributed by atoms with E-state index in [9.17, 15) is 13.2 Å². The lowest BCUT2D eigenvalue weighted by atomic mass is 9.83. The summed E-state index contributed by atoms with van der Waals surface area (Å²) in [7, 11) is -3.80. The number of ether oxygens (including phenoxy) is 1. The maximum atomic E-state index is 13.3. The van der Waals surface area contributed by atoms with Gasteiger partial charge in [0.1, 0.15) is 17.4 Å². The standard InChI is InChI=1S/C23H28Cl2N2O4S/c1-5-23(6-2)14-20(19-9-7-8-10-21(19)31-23)26-22(28)15(3)27(32(4,29)30)18-12-16(24)11-17(25)13-18/h7-13,15,20H,5-6,14H2,1-4H3,(H,26,28). The molecule has 1 aliphatic rings. The minimum absolute atomic E-state index is 0.233. The molecule has 6 nitrogen and oxygen atoms in total. The fourth-order valence-electron chi connectivity index (χ4n) is 4.20. The SMILES string of the molecule is CCC1(CC)CC(NC(=O)C(C)N(c2cc(Cl)cc(Cl)c2)S(C)(=O)=O)c2ccccc2O1. The molecule has 0 saturated heterocycles. The molecular formula is C23H28Cl2N2O4S. The smallest absolute Gasteiger partial charge is 0.244 e. The summed E-state index contributed by atoms with van der Waals surface area (Å²) in [6, 6.07) is 10.7. The van der Waals surface area contributed by atoms with Crippen molar-refractivity contribution in [1.82, 2.24) is 5.32 Å². The van der Waals surface area contributed by atoms with E-state index >= 15 is 0 Å². The van der Waals surface area contributed by atoms with Gasteiger partial charge in [-0.15, -0.1) is 0 Å². The summed E-state index contributed by atoms with van der Waals surface area (Å²) in [6.45, 7) is 5.67. The van der Waals surface area contributed by atoms with Gasteiger partial charge in [-0.3, -0.25) is 9.10 Å². The molecule has 2 aromatic rings. The van der Waals surface area contributed by atoms with E-state index in [1.165, 1.54) is 18.2 Å². The molecule has 2 unspecified atom stereocenters. The molecule has 1 N–H and O–H groups in total. The quantitative estimate of drug-likeness (QED) is 0.558. The average Bonchev–Trinajstić information content (AvgIpc) is 2.71. The number of hydrogen-bond acceptors (Lipinski definition) is 4. The Bertz CT molecular complexity index is 1080. The summed E-state index contributed by atoms with van der Waals surface area (Å²) in [6.07, 6.45) is 3.22. The Kier molecular flexibility index (Phi) is 7.32. The number of benzene rings is 2. The van der Waals surface area contributed by atoms with Crippen molar-refractivity contribution in [2.24, 2.45) is 0 Å². The summed E-state index contributed by atoms with van der Waals surface area (Å²) >= 11 is 12.2. The molecule has 0 fully saturated rings. The predicted molar refractivity (Wildman–Crippen MR) is 129 cm³/mol. The normalized spacial score (nSPS) is 18.2. The number of hydrogen-bond donors (Lipinski definition) is 1. The van der Waals surface area contributed by atoms with Crippen LogP contribution in [-0.4, -0.2) is 32.2 Å². The van der Waals surface area contributed by atoms with Crippen molar-refractivity contribution in [3.8, 4) is 5.75 Å². The first kappa shape index (κ1) is 24.7. The summed E-state index contributed by atoms with van der Waals surface area (Å²) in [4.78, 5) is 13.3. The van der Waals surface area contributed by atoms with Gasteiger partial charge in [0.15, 0.2) is 0 Å². The van der Waals surface area contributed by atoms with E-state index < -0.39 is 27.6 Å². The second-order valence-electron chi connectivity index (χ2n) is 8.16. The molecule has 2 aromatic carbocycles. The number of rotatable bonds is 7. The molecule has 1 amide bonds. The average molecular weight is 499 g/mol. The molecule has 1 aliphatic heterocycles. The highest BCUT2D eigenvalue weighted by molar-refractivity contribution is 7.92. The number of anilines is 1. The van der Waals surface area contributed by atoms with Gasteiger partial charge in [-0.05, 0) is 44.0 Å². The number of sulfonamides is 1. The minimum Gasteiger partial charge on any atom is -0.487 e. The highest BCUT2D eigenvalue weighted by Crippen LogP contribution is 2.42. The molecule has 2 atom stereocenters. The maximum absolute atomic E-state index is 13.3. The van der Waals surface area contributed by atoms with Crippen molar-refractivity contribution in [3.63, 3.8) is 0 Å². The number of halogens is 2. The van der Waals surface area contributed by atoms with E-state index in [1.807, 2.05) is 24.3 Å². The summed E-state index contributed by atoms with van der Waals surface area (Å²) < 4.78 is 32.6. The molecule has 0 bridgehead atoms. The Balaban J connectivity index is 1.93. The fourth-order valence-corrected chi connectivity index (χ4v) is 5.87. The van der Waals surface area contributed by atoms with Crippen LogP contribution in [0.1, 0.15) is 51.6 Å². The second-order valence-corrected chi connectivity index (χ2v) is 10.9. The zero-order valence-corrected chi connectivity index (χ0v) is 20.9. The molecule has 0 aliphatic carbocycles. The van der Waals surface area contributed by atoms with Gasteiger partial charge in [-0.2, -0.15) is 0 Å². The first-order valence-corrected chi connectivity index (χ1v) is 13.1. The Morgan fingerprint density at radius 3 is 2.34 bits per heavy atom. The number of para-hydroxylation sites is 1. The van der Waals surface area contributed by atoms with Crippen molar-refractivity contribution in [2.45, 2.75) is 57.7 Å². The topological polar surface area (TPSA) is 75.7 Å². The van der Waals surface area contributed by atoms with Crippen molar-refractivity contribution >= 4 is 44.8 Å². The Hall–Kier alpha value is -1.96. The van der Waals surface area contributed by atoms with Crippen molar-refractivity contribution in [1.29, 1.82) is 0 Å². The number of nitrogens with one attached hydrogen (secondary N) is 1. The van der Waals surface area contributed by atoms with Crippen LogP contribution in [0.25, 0.3) is 0 Å². The molecular weight excluding hydrogens is 471 g/mol. The van der Waals surface area contributed by atoms with E-state index in [2.05, 4.69) is 19.2 Å². The van der Waals surface area contributed by atoms with Crippen LogP contribution < -0.4 is 14.4 Å². The lowest BCUT2D eigenvalue weighted by molar-refractivity contribution is -0.123. The molecule has 3 rings (SSSR count). The summed E-state index contributed by atoms with van der Waals surface area (Å²) in [5.41, 5.74) is 0.714. The molecule has 9 heteroatoms. The van der Waals surface area contributed by atoms with Crippen LogP contribution in [0, 0.1) is 0 Å². The van der Waals surface area contributed by atoms with Crippen LogP contribution in [0.5, 0.6) is 5.75 Å².